The lowest BCUT2D eigenvalue weighted by Gasteiger charge is -2.25. The molecule has 2 saturated heterocycles. The predicted octanol–water partition coefficient (Wildman–Crippen LogP) is 2.14. The van der Waals surface area contributed by atoms with E-state index in [4.69, 9.17) is 4.74 Å². The highest BCUT2D eigenvalue weighted by Gasteiger charge is 2.19. The maximum absolute atomic E-state index is 12.0. The quantitative estimate of drug-likeness (QED) is 0.803. The molecule has 98 valence electrons. The van der Waals surface area contributed by atoms with Crippen LogP contribution in [0.25, 0.3) is 0 Å². The first-order valence-corrected chi connectivity index (χ1v) is 7.00. The van der Waals surface area contributed by atoms with Gasteiger partial charge in [0.1, 0.15) is 0 Å². The van der Waals surface area contributed by atoms with Crippen LogP contribution in [0.3, 0.4) is 0 Å². The van der Waals surface area contributed by atoms with Crippen molar-refractivity contribution in [2.75, 3.05) is 26.2 Å². The number of nitrogens with one attached hydrogen (secondary N) is 1. The van der Waals surface area contributed by atoms with Crippen LogP contribution < -0.4 is 5.32 Å². The second-order valence-corrected chi connectivity index (χ2v) is 5.08. The van der Waals surface area contributed by atoms with Crippen LogP contribution in [-0.4, -0.2) is 43.3 Å². The fourth-order valence-corrected chi connectivity index (χ4v) is 2.57. The van der Waals surface area contributed by atoms with Crippen molar-refractivity contribution in [3.63, 3.8) is 0 Å². The van der Waals surface area contributed by atoms with Gasteiger partial charge < -0.3 is 15.0 Å². The van der Waals surface area contributed by atoms with E-state index in [1.165, 1.54) is 19.3 Å². The first kappa shape index (κ1) is 12.7. The number of nitrogens with zero attached hydrogens (tertiary/aromatic N) is 1. The van der Waals surface area contributed by atoms with E-state index in [0.29, 0.717) is 6.54 Å². The Morgan fingerprint density at radius 3 is 2.47 bits per heavy atom. The first-order chi connectivity index (χ1) is 8.36. The Kier molecular flexibility index (Phi) is 5.10. The largest absolute Gasteiger partial charge is 0.376 e. The molecule has 0 aromatic heterocycles. The van der Waals surface area contributed by atoms with E-state index in [9.17, 15) is 4.79 Å². The molecule has 0 radical (unpaired) electrons. The van der Waals surface area contributed by atoms with Gasteiger partial charge in [0, 0.05) is 26.2 Å². The third kappa shape index (κ3) is 4.19. The van der Waals surface area contributed by atoms with E-state index in [0.717, 1.165) is 45.4 Å². The zero-order valence-corrected chi connectivity index (χ0v) is 10.6. The number of amides is 2. The number of hydrogen-bond donors (Lipinski definition) is 1. The van der Waals surface area contributed by atoms with Gasteiger partial charge in [0.15, 0.2) is 0 Å². The second-order valence-electron chi connectivity index (χ2n) is 5.08. The zero-order valence-electron chi connectivity index (χ0n) is 10.6. The van der Waals surface area contributed by atoms with Crippen molar-refractivity contribution in [2.24, 2.45) is 0 Å². The summed E-state index contributed by atoms with van der Waals surface area (Å²) in [5.74, 6) is 0. The Bertz CT molecular complexity index is 232. The van der Waals surface area contributed by atoms with E-state index in [-0.39, 0.29) is 12.1 Å². The van der Waals surface area contributed by atoms with Crippen molar-refractivity contribution >= 4 is 6.03 Å². The van der Waals surface area contributed by atoms with Gasteiger partial charge >= 0.3 is 6.03 Å². The summed E-state index contributed by atoms with van der Waals surface area (Å²) in [5, 5.41) is 3.00. The van der Waals surface area contributed by atoms with Crippen LogP contribution in [0, 0.1) is 0 Å². The molecule has 2 rings (SSSR count). The van der Waals surface area contributed by atoms with Crippen LogP contribution in [0.2, 0.25) is 0 Å². The lowest BCUT2D eigenvalue weighted by molar-refractivity contribution is 0.108. The van der Waals surface area contributed by atoms with Crippen molar-refractivity contribution in [2.45, 2.75) is 51.0 Å². The van der Waals surface area contributed by atoms with Gasteiger partial charge in [0.25, 0.3) is 0 Å². The van der Waals surface area contributed by atoms with Crippen LogP contribution >= 0.6 is 0 Å². The van der Waals surface area contributed by atoms with Crippen molar-refractivity contribution in [1.82, 2.24) is 10.2 Å². The summed E-state index contributed by atoms with van der Waals surface area (Å²) >= 11 is 0. The summed E-state index contributed by atoms with van der Waals surface area (Å²) < 4.78 is 5.50. The minimum atomic E-state index is 0.0994. The van der Waals surface area contributed by atoms with Crippen molar-refractivity contribution in [1.29, 1.82) is 0 Å². The van der Waals surface area contributed by atoms with E-state index in [1.54, 1.807) is 0 Å². The number of carbonyl (C=O) groups is 1. The molecule has 0 aliphatic carbocycles. The predicted molar refractivity (Wildman–Crippen MR) is 67.0 cm³/mol. The molecule has 0 spiro atoms. The van der Waals surface area contributed by atoms with Crippen LogP contribution in [-0.2, 0) is 4.74 Å². The standard InChI is InChI=1S/C13H24N2O2/c16-13(14-11-12-7-6-10-17-12)15-8-4-2-1-3-5-9-15/h12H,1-11H2,(H,14,16). The molecule has 0 saturated carbocycles. The molecule has 4 heteroatoms. The molecule has 17 heavy (non-hydrogen) atoms. The normalized spacial score (nSPS) is 26.4. The maximum Gasteiger partial charge on any atom is 0.317 e. The number of urea groups is 1. The fourth-order valence-electron chi connectivity index (χ4n) is 2.57. The summed E-state index contributed by atoms with van der Waals surface area (Å²) in [5.41, 5.74) is 0. The Balaban J connectivity index is 1.69. The van der Waals surface area contributed by atoms with E-state index >= 15 is 0 Å². The van der Waals surface area contributed by atoms with Crippen molar-refractivity contribution in [3.8, 4) is 0 Å². The van der Waals surface area contributed by atoms with Crippen LogP contribution in [0.5, 0.6) is 0 Å². The van der Waals surface area contributed by atoms with Gasteiger partial charge in [-0.2, -0.15) is 0 Å². The Labute approximate surface area is 104 Å². The first-order valence-electron chi connectivity index (χ1n) is 7.00. The van der Waals surface area contributed by atoms with Gasteiger partial charge in [0.2, 0.25) is 0 Å². The van der Waals surface area contributed by atoms with E-state index in [1.807, 2.05) is 4.90 Å². The molecule has 4 nitrogen and oxygen atoms in total. The van der Waals surface area contributed by atoms with Gasteiger partial charge in [0.05, 0.1) is 6.10 Å². The number of likely N-dealkylation sites (tertiary alicyclic amines) is 1. The lowest BCUT2D eigenvalue weighted by atomic mass is 10.1. The third-order valence-electron chi connectivity index (χ3n) is 3.65. The third-order valence-corrected chi connectivity index (χ3v) is 3.65. The Morgan fingerprint density at radius 2 is 1.82 bits per heavy atom. The molecule has 0 aromatic carbocycles. The van der Waals surface area contributed by atoms with Crippen LogP contribution in [0.15, 0.2) is 0 Å². The van der Waals surface area contributed by atoms with Gasteiger partial charge in [-0.3, -0.25) is 0 Å². The molecule has 2 fully saturated rings. The van der Waals surface area contributed by atoms with E-state index < -0.39 is 0 Å². The summed E-state index contributed by atoms with van der Waals surface area (Å²) in [6.45, 7) is 3.36. The summed E-state index contributed by atoms with van der Waals surface area (Å²) in [7, 11) is 0. The molecule has 0 bridgehead atoms. The van der Waals surface area contributed by atoms with Crippen molar-refractivity contribution < 1.29 is 9.53 Å². The number of ether oxygens (including phenoxy) is 1. The van der Waals surface area contributed by atoms with Gasteiger partial charge in [-0.05, 0) is 25.7 Å². The van der Waals surface area contributed by atoms with Gasteiger partial charge in [-0.15, -0.1) is 0 Å². The zero-order chi connectivity index (χ0) is 11.9. The minimum Gasteiger partial charge on any atom is -0.376 e. The molecular formula is C13H24N2O2. The summed E-state index contributed by atoms with van der Waals surface area (Å²) in [6, 6.07) is 0.0994. The maximum atomic E-state index is 12.0. The average Bonchev–Trinajstić information content (AvgIpc) is 2.78. The number of carbonyl (C=O) groups excluding carboxylic acids is 1. The lowest BCUT2D eigenvalue weighted by Crippen LogP contribution is -2.44. The fraction of sp³-hybridized carbons (Fsp3) is 0.923. The SMILES string of the molecule is O=C(NCC1CCCO1)N1CCCCCCC1. The van der Waals surface area contributed by atoms with E-state index in [2.05, 4.69) is 5.32 Å². The van der Waals surface area contributed by atoms with Crippen LogP contribution in [0.1, 0.15) is 44.9 Å². The van der Waals surface area contributed by atoms with Gasteiger partial charge in [-0.25, -0.2) is 4.79 Å². The molecule has 2 heterocycles. The highest BCUT2D eigenvalue weighted by molar-refractivity contribution is 5.74. The highest BCUT2D eigenvalue weighted by atomic mass is 16.5. The van der Waals surface area contributed by atoms with Crippen molar-refractivity contribution in [3.05, 3.63) is 0 Å². The summed E-state index contributed by atoms with van der Waals surface area (Å²) in [6.07, 6.45) is 8.59. The molecule has 1 unspecified atom stereocenters. The molecule has 2 amide bonds. The molecule has 1 atom stereocenters. The number of hydrogen-bond acceptors (Lipinski definition) is 2. The molecule has 1 N–H and O–H groups in total. The van der Waals surface area contributed by atoms with Gasteiger partial charge in [-0.1, -0.05) is 19.3 Å². The second kappa shape index (κ2) is 6.84. The molecule has 2 aliphatic rings. The molecule has 0 aromatic rings. The monoisotopic (exact) mass is 240 g/mol. The Hall–Kier alpha value is -0.770. The van der Waals surface area contributed by atoms with Crippen LogP contribution in [0.4, 0.5) is 4.79 Å². The summed E-state index contributed by atoms with van der Waals surface area (Å²) in [4.78, 5) is 13.9. The smallest absolute Gasteiger partial charge is 0.317 e. The number of rotatable bonds is 2. The minimum absolute atomic E-state index is 0.0994. The highest BCUT2D eigenvalue weighted by Crippen LogP contribution is 2.12. The topological polar surface area (TPSA) is 41.6 Å². The molecular weight excluding hydrogens is 216 g/mol. The molecule has 2 aliphatic heterocycles. The average molecular weight is 240 g/mol. The Morgan fingerprint density at radius 1 is 1.12 bits per heavy atom.